The summed E-state index contributed by atoms with van der Waals surface area (Å²) in [5.41, 5.74) is 22.4. The Morgan fingerprint density at radius 1 is 0.200 bits per heavy atom. The van der Waals surface area contributed by atoms with Crippen LogP contribution in [0.5, 0.6) is 0 Å². The Kier molecular flexibility index (Phi) is 19.6. The molecule has 0 saturated heterocycles. The third kappa shape index (κ3) is 14.0. The summed E-state index contributed by atoms with van der Waals surface area (Å²) in [6.07, 6.45) is 23.6. The summed E-state index contributed by atoms with van der Waals surface area (Å²) in [5, 5.41) is 14.9. The second-order valence-corrected chi connectivity index (χ2v) is 46.8. The quantitative estimate of drug-likeness (QED) is 0.109. The van der Waals surface area contributed by atoms with Gasteiger partial charge in [0.2, 0.25) is 0 Å². The van der Waals surface area contributed by atoms with Gasteiger partial charge in [-0.1, -0.05) is 243 Å². The van der Waals surface area contributed by atoms with Crippen molar-refractivity contribution in [3.63, 3.8) is 0 Å². The number of hydrogen-bond acceptors (Lipinski definition) is 11. The van der Waals surface area contributed by atoms with E-state index in [0.717, 1.165) is 184 Å². The van der Waals surface area contributed by atoms with Gasteiger partial charge in [0, 0.05) is 141 Å². The molecule has 0 aliphatic heterocycles. The first kappa shape index (κ1) is 86.9. The lowest BCUT2D eigenvalue weighted by Gasteiger charge is -2.56. The molecule has 14 nitrogen and oxygen atoms in total. The van der Waals surface area contributed by atoms with Gasteiger partial charge in [0.25, 0.3) is 0 Å². The normalized spacial score (nSPS) is 22.7. The van der Waals surface area contributed by atoms with Crippen molar-refractivity contribution < 1.29 is 4.42 Å². The highest BCUT2D eigenvalue weighted by Crippen LogP contribution is 2.64. The minimum absolute atomic E-state index is 0.0545. The highest BCUT2D eigenvalue weighted by Gasteiger charge is 2.57. The molecule has 0 N–H and O–H groups in total. The van der Waals surface area contributed by atoms with Crippen molar-refractivity contribution in [3.05, 3.63) is 394 Å². The summed E-state index contributed by atoms with van der Waals surface area (Å²) in [4.78, 5) is 47.5. The lowest BCUT2D eigenvalue weighted by molar-refractivity contribution is -0.00948. The number of aromatic nitrogens is 13. The van der Waals surface area contributed by atoms with Crippen LogP contribution >= 0.6 is 11.3 Å². The van der Waals surface area contributed by atoms with E-state index in [9.17, 15) is 0 Å². The van der Waals surface area contributed by atoms with Gasteiger partial charge in [-0.3, -0.25) is 0 Å². The van der Waals surface area contributed by atoms with Crippen LogP contribution in [0.3, 0.4) is 0 Å². The predicted octanol–water partition coefficient (Wildman–Crippen LogP) is 33.7. The first-order valence-electron chi connectivity index (χ1n) is 54.5. The van der Waals surface area contributed by atoms with Crippen molar-refractivity contribution in [1.82, 2.24) is 63.1 Å². The molecule has 12 fully saturated rings. The van der Waals surface area contributed by atoms with Crippen molar-refractivity contribution >= 4 is 141 Å². The Bertz CT molecular complexity index is 9310. The zero-order valence-corrected chi connectivity index (χ0v) is 84.2. The highest BCUT2D eigenvalue weighted by molar-refractivity contribution is 7.26. The summed E-state index contributed by atoms with van der Waals surface area (Å²) < 4.78 is 18.7. The maximum Gasteiger partial charge on any atom is 0.163 e. The molecule has 16 aromatic carbocycles. The minimum Gasteiger partial charge on any atom is -0.456 e. The zero-order chi connectivity index (χ0) is 98.2. The molecule has 12 bridgehead atoms. The van der Waals surface area contributed by atoms with Crippen molar-refractivity contribution in [2.24, 2.45) is 53.3 Å². The Labute approximate surface area is 871 Å². The average molecular weight is 1960 g/mol. The summed E-state index contributed by atoms with van der Waals surface area (Å²) in [7, 11) is 0. The van der Waals surface area contributed by atoms with Gasteiger partial charge in [0.05, 0.1) is 49.5 Å². The second kappa shape index (κ2) is 33.9. The predicted molar refractivity (Wildman–Crippen MR) is 609 cm³/mol. The molecule has 9 heterocycles. The molecule has 0 radical (unpaired) electrons. The molecule has 15 heteroatoms. The lowest BCUT2D eigenvalue weighted by Crippen LogP contribution is -2.49. The van der Waals surface area contributed by atoms with E-state index in [1.165, 1.54) is 223 Å². The Hall–Kier alpha value is -16.2. The minimum atomic E-state index is 0.0545. The van der Waals surface area contributed by atoms with E-state index in [0.29, 0.717) is 0 Å². The first-order valence-corrected chi connectivity index (χ1v) is 55.3. The molecule has 0 unspecified atom stereocenters. The molecular weight excluding hydrogens is 1850 g/mol. The van der Waals surface area contributed by atoms with Crippen molar-refractivity contribution in [2.45, 2.75) is 132 Å². The molecule has 724 valence electrons. The van der Waals surface area contributed by atoms with Gasteiger partial charge in [0.15, 0.2) is 34.9 Å². The van der Waals surface area contributed by atoms with Crippen LogP contribution in [0.2, 0.25) is 0 Å². The summed E-state index contributed by atoms with van der Waals surface area (Å²) in [6.45, 7) is 0. The van der Waals surface area contributed by atoms with E-state index in [4.69, 9.17) is 49.3 Å². The maximum absolute atomic E-state index is 6.33. The lowest BCUT2D eigenvalue weighted by atomic mass is 9.49. The molecule has 25 aromatic rings. The van der Waals surface area contributed by atoms with Crippen LogP contribution in [0.25, 0.3) is 220 Å². The maximum atomic E-state index is 6.33. The number of furan rings is 1. The fourth-order valence-corrected chi connectivity index (χ4v) is 32.6. The van der Waals surface area contributed by atoms with E-state index >= 15 is 0 Å². The van der Waals surface area contributed by atoms with Crippen LogP contribution in [-0.4, -0.2) is 63.1 Å². The molecule has 12 aliphatic rings. The van der Waals surface area contributed by atoms with E-state index < -0.39 is 0 Å². The largest absolute Gasteiger partial charge is 0.456 e. The van der Waals surface area contributed by atoms with Crippen molar-refractivity contribution in [3.8, 4) is 91.1 Å². The number of para-hydroxylation sites is 6. The van der Waals surface area contributed by atoms with E-state index in [-0.39, 0.29) is 16.2 Å². The van der Waals surface area contributed by atoms with Gasteiger partial charge in [-0.15, -0.1) is 11.3 Å². The van der Waals surface area contributed by atoms with E-state index in [1.54, 1.807) is 0 Å². The summed E-state index contributed by atoms with van der Waals surface area (Å²) in [5.74, 6) is 15.1. The number of thiophene rings is 1. The molecule has 150 heavy (non-hydrogen) atoms. The van der Waals surface area contributed by atoms with Crippen LogP contribution in [0, 0.1) is 53.3 Å². The number of nitrogens with zero attached hydrogens (tertiary/aromatic N) is 13. The van der Waals surface area contributed by atoms with Gasteiger partial charge in [-0.2, -0.15) is 0 Å². The smallest absolute Gasteiger partial charge is 0.163 e. The number of fused-ring (bicyclic) bond motifs is 21. The van der Waals surface area contributed by atoms with Gasteiger partial charge < -0.3 is 22.7 Å². The van der Waals surface area contributed by atoms with Gasteiger partial charge in [-0.25, -0.2) is 44.9 Å². The third-order valence-electron chi connectivity index (χ3n) is 36.5. The summed E-state index contributed by atoms with van der Waals surface area (Å²) in [6, 6.07) is 135. The molecule has 9 aromatic heterocycles. The van der Waals surface area contributed by atoms with Crippen LogP contribution in [-0.2, 0) is 16.2 Å². The molecule has 0 spiro atoms. The summed E-state index contributed by atoms with van der Waals surface area (Å²) >= 11 is 1.88. The molecule has 0 amide bonds. The SMILES string of the molecule is c1ccc(-c2nc(-c3ccc(-n4c5ccccc5c5ccc6oc7ccccc7c6c54)cc3)nc(C34CC5CC(CC(C5)C3)C4)n2)cc1.c1ccc(-c2nc(-c3ccc(-n4c5ccccc5c5ccc6sc7ccccc7c6c54)cc3)nc(C34CC5CC(CC(C5)C3)C4)n2)cc1.c1ccc(-c2nc(-c3cccc(-n4c5ccccc5c5ccc6c(c7ccccc7n6-c6ccccc6)c54)c3)nc(C34CC5CC(CC(C5)C3)C4)n2)cc1. The first-order chi connectivity index (χ1) is 74.1. The number of benzene rings is 16. The van der Waals surface area contributed by atoms with Crippen molar-refractivity contribution in [2.75, 3.05) is 0 Å². The van der Waals surface area contributed by atoms with Crippen molar-refractivity contribution in [1.29, 1.82) is 0 Å². The Morgan fingerprint density at radius 3 is 0.953 bits per heavy atom. The molecule has 0 atom stereocenters. The highest BCUT2D eigenvalue weighted by atomic mass is 32.1. The van der Waals surface area contributed by atoms with E-state index in [1.807, 2.05) is 17.4 Å². The number of rotatable bonds is 13. The number of hydrogen-bond donors (Lipinski definition) is 0. The van der Waals surface area contributed by atoms with E-state index in [2.05, 4.69) is 388 Å². The van der Waals surface area contributed by atoms with Crippen LogP contribution in [0.1, 0.15) is 133 Å². The van der Waals surface area contributed by atoms with Gasteiger partial charge in [-0.05, 0) is 302 Å². The molecular formula is C135H107N13OS. The molecule has 12 saturated carbocycles. The monoisotopic (exact) mass is 1960 g/mol. The standard InChI is InChI=1S/C49H39N5.C43H34N4O.C43H34N4S/c1-3-12-34(13-4-1)46-50-47(52-48(51-46)49-28-31-24-32(29-49)26-33(25-31)30-49)35-14-11-17-37(27-35)54-41-20-9-7-18-38(41)39-22-23-43-44(45(39)54)40-19-8-10-21-42(40)53(43)36-15-5-2-6-16-36;2*1-2-8-29(9-3-1)40-44-41(46-42(45-40)43-23-26-20-27(24-43)22-28(21-26)25-43)30-14-16-31(17-15-30)47-35-12-6-4-10-32(35)33-18-19-37-38(39(33)47)34-11-5-7-13-36(34)48-37/h1-23,27,31-33H,24-26,28-30H2;2*1-19,26-28H,20-25H2. The molecule has 37 rings (SSSR count). The topological polar surface area (TPSA) is 149 Å². The van der Waals surface area contributed by atoms with Crippen LogP contribution in [0.15, 0.2) is 381 Å². The second-order valence-electron chi connectivity index (χ2n) is 45.7. The Morgan fingerprint density at radius 2 is 0.513 bits per heavy atom. The van der Waals surface area contributed by atoms with Gasteiger partial charge >= 0.3 is 0 Å². The average Bonchev–Trinajstić information content (AvgIpc) is 1.48. The zero-order valence-electron chi connectivity index (χ0n) is 83.4. The van der Waals surface area contributed by atoms with Crippen LogP contribution in [0.4, 0.5) is 0 Å². The Balaban J connectivity index is 0.0000000995. The van der Waals surface area contributed by atoms with Crippen LogP contribution < -0.4 is 0 Å². The third-order valence-corrected chi connectivity index (χ3v) is 37.6. The fraction of sp³-hybridized carbons (Fsp3) is 0.222. The fourth-order valence-electron chi connectivity index (χ4n) is 31.5. The molecule has 12 aliphatic carbocycles. The van der Waals surface area contributed by atoms with Gasteiger partial charge in [0.1, 0.15) is 28.6 Å².